The minimum atomic E-state index is -0.549. The number of hydrogen-bond acceptors (Lipinski definition) is 4. The van der Waals surface area contributed by atoms with Gasteiger partial charge in [0.2, 0.25) is 0 Å². The zero-order valence-electron chi connectivity index (χ0n) is 15.7. The van der Waals surface area contributed by atoms with Gasteiger partial charge in [-0.2, -0.15) is 0 Å². The molecular formula is C21H27NO4. The third kappa shape index (κ3) is 3.40. The molecule has 1 aromatic rings. The number of aliphatic hydroxyl groups is 1. The van der Waals surface area contributed by atoms with Crippen molar-refractivity contribution in [1.29, 1.82) is 0 Å². The molecule has 0 aliphatic carbocycles. The van der Waals surface area contributed by atoms with Crippen molar-refractivity contribution < 1.29 is 19.4 Å². The topological polar surface area (TPSA) is 66.8 Å². The van der Waals surface area contributed by atoms with E-state index in [-0.39, 0.29) is 23.4 Å². The number of carbonyl (C=O) groups is 2. The summed E-state index contributed by atoms with van der Waals surface area (Å²) in [4.78, 5) is 27.1. The van der Waals surface area contributed by atoms with Crippen LogP contribution in [0, 0.1) is 5.92 Å². The van der Waals surface area contributed by atoms with Gasteiger partial charge in [-0.25, -0.2) is 0 Å². The maximum absolute atomic E-state index is 12.8. The van der Waals surface area contributed by atoms with E-state index in [1.165, 1.54) is 5.56 Å². The number of benzene rings is 1. The van der Waals surface area contributed by atoms with Crippen molar-refractivity contribution in [3.05, 3.63) is 46.7 Å². The standard InChI is InChI=1S/C21H27NO4/c1-4-14-7-9-15(10-8-14)18-17(19(23)13(2)3)20(24)21(25)22(18)12-16-6-5-11-26-16/h7-10,13,16,18,24H,4-6,11-12H2,1-3H3. The Hall–Kier alpha value is -2.14. The van der Waals surface area contributed by atoms with Crippen molar-refractivity contribution in [3.63, 3.8) is 0 Å². The predicted molar refractivity (Wildman–Crippen MR) is 98.7 cm³/mol. The predicted octanol–water partition coefficient (Wildman–Crippen LogP) is 3.35. The lowest BCUT2D eigenvalue weighted by molar-refractivity contribution is -0.131. The molecule has 1 saturated heterocycles. The summed E-state index contributed by atoms with van der Waals surface area (Å²) in [6.07, 6.45) is 2.74. The Kier molecular flexibility index (Phi) is 5.47. The molecule has 140 valence electrons. The Labute approximate surface area is 154 Å². The lowest BCUT2D eigenvalue weighted by Gasteiger charge is -2.29. The van der Waals surface area contributed by atoms with Crippen molar-refractivity contribution in [3.8, 4) is 0 Å². The molecule has 2 aliphatic heterocycles. The van der Waals surface area contributed by atoms with Crippen LogP contribution >= 0.6 is 0 Å². The third-order valence-corrected chi connectivity index (χ3v) is 5.22. The van der Waals surface area contributed by atoms with Crippen molar-refractivity contribution in [2.24, 2.45) is 5.92 Å². The number of ketones is 1. The first-order chi connectivity index (χ1) is 12.4. The molecule has 1 fully saturated rings. The second-order valence-corrected chi connectivity index (χ2v) is 7.37. The van der Waals surface area contributed by atoms with Crippen molar-refractivity contribution in [2.75, 3.05) is 13.2 Å². The molecule has 0 aromatic heterocycles. The Morgan fingerprint density at radius 1 is 1.31 bits per heavy atom. The largest absolute Gasteiger partial charge is 0.503 e. The maximum atomic E-state index is 12.8. The number of hydrogen-bond donors (Lipinski definition) is 1. The molecule has 5 nitrogen and oxygen atoms in total. The number of nitrogens with zero attached hydrogens (tertiary/aromatic N) is 1. The van der Waals surface area contributed by atoms with Crippen molar-refractivity contribution >= 4 is 11.7 Å². The molecule has 1 aromatic carbocycles. The van der Waals surface area contributed by atoms with E-state index in [1.54, 1.807) is 18.7 Å². The maximum Gasteiger partial charge on any atom is 0.290 e. The number of Topliss-reactive ketones (excluding diaryl/α,β-unsaturated/α-hetero) is 1. The molecule has 3 rings (SSSR count). The molecule has 1 N–H and O–H groups in total. The molecule has 0 bridgehead atoms. The van der Waals surface area contributed by atoms with E-state index in [2.05, 4.69) is 6.92 Å². The minimum absolute atomic E-state index is 0.0438. The van der Waals surface area contributed by atoms with Crippen LogP contribution in [-0.2, 0) is 20.7 Å². The van der Waals surface area contributed by atoms with Gasteiger partial charge < -0.3 is 14.7 Å². The van der Waals surface area contributed by atoms with Gasteiger partial charge in [0.1, 0.15) is 0 Å². The van der Waals surface area contributed by atoms with E-state index in [1.807, 2.05) is 24.3 Å². The first-order valence-corrected chi connectivity index (χ1v) is 9.42. The monoisotopic (exact) mass is 357 g/mol. The van der Waals surface area contributed by atoms with Crippen molar-refractivity contribution in [1.82, 2.24) is 4.90 Å². The highest BCUT2D eigenvalue weighted by molar-refractivity contribution is 6.09. The fourth-order valence-corrected chi connectivity index (χ4v) is 3.69. The van der Waals surface area contributed by atoms with Crippen molar-refractivity contribution in [2.45, 2.75) is 52.2 Å². The molecule has 2 aliphatic rings. The van der Waals surface area contributed by atoms with E-state index < -0.39 is 17.7 Å². The summed E-state index contributed by atoms with van der Waals surface area (Å²) >= 11 is 0. The molecule has 1 amide bonds. The van der Waals surface area contributed by atoms with Gasteiger partial charge in [0.15, 0.2) is 11.5 Å². The third-order valence-electron chi connectivity index (χ3n) is 5.22. The van der Waals surface area contributed by atoms with Crippen LogP contribution in [0.15, 0.2) is 35.6 Å². The number of carbonyl (C=O) groups excluding carboxylic acids is 2. The summed E-state index contributed by atoms with van der Waals surface area (Å²) in [5, 5.41) is 10.5. The van der Waals surface area contributed by atoms with Gasteiger partial charge in [0, 0.05) is 19.1 Å². The Bertz CT molecular complexity index is 714. The first kappa shape index (κ1) is 18.6. The van der Waals surface area contributed by atoms with Crippen LogP contribution in [-0.4, -0.2) is 41.0 Å². The van der Waals surface area contributed by atoms with Gasteiger partial charge in [-0.3, -0.25) is 9.59 Å². The smallest absolute Gasteiger partial charge is 0.290 e. The summed E-state index contributed by atoms with van der Waals surface area (Å²) in [6.45, 7) is 6.73. The van der Waals surface area contributed by atoms with Crippen LogP contribution in [0.25, 0.3) is 0 Å². The van der Waals surface area contributed by atoms with E-state index in [0.29, 0.717) is 13.2 Å². The van der Waals surface area contributed by atoms with Crippen LogP contribution in [0.4, 0.5) is 0 Å². The molecule has 2 unspecified atom stereocenters. The summed E-state index contributed by atoms with van der Waals surface area (Å²) < 4.78 is 5.68. The van der Waals surface area contributed by atoms with E-state index in [9.17, 15) is 14.7 Å². The van der Waals surface area contributed by atoms with E-state index in [0.717, 1.165) is 24.8 Å². The second kappa shape index (κ2) is 7.62. The summed E-state index contributed by atoms with van der Waals surface area (Å²) in [5.41, 5.74) is 2.25. The van der Waals surface area contributed by atoms with Crippen LogP contribution in [0.3, 0.4) is 0 Å². The van der Waals surface area contributed by atoms with Crippen LogP contribution in [0.2, 0.25) is 0 Å². The van der Waals surface area contributed by atoms with Gasteiger partial charge >= 0.3 is 0 Å². The highest BCUT2D eigenvalue weighted by Gasteiger charge is 2.44. The number of aryl methyl sites for hydroxylation is 1. The Morgan fingerprint density at radius 2 is 2.00 bits per heavy atom. The Morgan fingerprint density at radius 3 is 2.54 bits per heavy atom. The average molecular weight is 357 g/mol. The van der Waals surface area contributed by atoms with Gasteiger partial charge in [-0.1, -0.05) is 45.0 Å². The lowest BCUT2D eigenvalue weighted by atomic mass is 9.90. The average Bonchev–Trinajstić information content (AvgIpc) is 3.23. The van der Waals surface area contributed by atoms with Gasteiger partial charge in [0.25, 0.3) is 5.91 Å². The van der Waals surface area contributed by atoms with Crippen LogP contribution in [0.5, 0.6) is 0 Å². The highest BCUT2D eigenvalue weighted by Crippen LogP contribution is 2.39. The zero-order chi connectivity index (χ0) is 18.8. The van der Waals surface area contributed by atoms with E-state index >= 15 is 0 Å². The van der Waals surface area contributed by atoms with E-state index in [4.69, 9.17) is 4.74 Å². The molecule has 5 heteroatoms. The highest BCUT2D eigenvalue weighted by atomic mass is 16.5. The fraction of sp³-hybridized carbons (Fsp3) is 0.524. The summed E-state index contributed by atoms with van der Waals surface area (Å²) in [5.74, 6) is -1.37. The van der Waals surface area contributed by atoms with Crippen LogP contribution < -0.4 is 0 Å². The Balaban J connectivity index is 2.00. The molecule has 0 radical (unpaired) electrons. The number of ether oxygens (including phenoxy) is 1. The zero-order valence-corrected chi connectivity index (χ0v) is 15.7. The molecule has 0 spiro atoms. The molecule has 0 saturated carbocycles. The summed E-state index contributed by atoms with van der Waals surface area (Å²) in [6, 6.07) is 7.37. The fourth-order valence-electron chi connectivity index (χ4n) is 3.69. The lowest BCUT2D eigenvalue weighted by Crippen LogP contribution is -2.37. The van der Waals surface area contributed by atoms with Gasteiger partial charge in [0.05, 0.1) is 17.7 Å². The molecular weight excluding hydrogens is 330 g/mol. The first-order valence-electron chi connectivity index (χ1n) is 9.42. The summed E-state index contributed by atoms with van der Waals surface area (Å²) in [7, 11) is 0. The number of amides is 1. The molecule has 2 atom stereocenters. The molecule has 2 heterocycles. The second-order valence-electron chi connectivity index (χ2n) is 7.37. The SMILES string of the molecule is CCc1ccc(C2C(C(=O)C(C)C)=C(O)C(=O)N2CC2CCCO2)cc1. The normalized spacial score (nSPS) is 23.4. The van der Waals surface area contributed by atoms with Crippen LogP contribution in [0.1, 0.15) is 50.8 Å². The molecule has 26 heavy (non-hydrogen) atoms. The van der Waals surface area contributed by atoms with Gasteiger partial charge in [-0.05, 0) is 30.4 Å². The van der Waals surface area contributed by atoms with Gasteiger partial charge in [-0.15, -0.1) is 0 Å². The number of rotatable bonds is 6. The quantitative estimate of drug-likeness (QED) is 0.848. The minimum Gasteiger partial charge on any atom is -0.503 e. The number of aliphatic hydroxyl groups excluding tert-OH is 1.